The average Bonchev–Trinajstić information content (AvgIpc) is 2.70. The summed E-state index contributed by atoms with van der Waals surface area (Å²) < 4.78 is 0. The molecule has 0 radical (unpaired) electrons. The zero-order chi connectivity index (χ0) is 22.8. The molecular weight excluding hydrogens is 453 g/mol. The molecule has 13 heteroatoms. The number of hydrogen-bond acceptors (Lipinski definition) is 11. The quantitative estimate of drug-likeness (QED) is 0.325. The summed E-state index contributed by atoms with van der Waals surface area (Å²) in [5, 5.41) is 1.01. The highest BCUT2D eigenvalue weighted by Gasteiger charge is 2.28. The van der Waals surface area contributed by atoms with Gasteiger partial charge in [-0.05, 0) is 31.0 Å². The van der Waals surface area contributed by atoms with E-state index in [1.165, 1.54) is 0 Å². The van der Waals surface area contributed by atoms with Crippen LogP contribution in [0.5, 0.6) is 0 Å². The lowest BCUT2D eigenvalue weighted by atomic mass is 10.0. The monoisotopic (exact) mass is 481 g/mol. The number of hydrazine groups is 1. The predicted octanol–water partition coefficient (Wildman–Crippen LogP) is 0.347. The van der Waals surface area contributed by atoms with Gasteiger partial charge in [-0.1, -0.05) is 23.2 Å². The number of hydrogen-bond donors (Lipinski definition) is 6. The van der Waals surface area contributed by atoms with Crippen molar-refractivity contribution in [3.8, 4) is 0 Å². The molecular formula is C19H29Cl2N11. The highest BCUT2D eigenvalue weighted by Crippen LogP contribution is 2.24. The van der Waals surface area contributed by atoms with Crippen molar-refractivity contribution < 1.29 is 0 Å². The minimum Gasteiger partial charge on any atom is -0.338 e. The number of halogens is 2. The maximum atomic E-state index is 6.18. The van der Waals surface area contributed by atoms with Crippen LogP contribution in [0.4, 0.5) is 23.5 Å². The number of nitrogens with two attached hydrogens (primary N) is 4. The van der Waals surface area contributed by atoms with Crippen LogP contribution in [-0.2, 0) is 0 Å². The molecule has 3 heterocycles. The van der Waals surface area contributed by atoms with Crippen LogP contribution in [0.1, 0.15) is 12.8 Å². The zero-order valence-corrected chi connectivity index (χ0v) is 19.1. The first-order chi connectivity index (χ1) is 15.2. The first-order valence-corrected chi connectivity index (χ1v) is 11.3. The van der Waals surface area contributed by atoms with Crippen LogP contribution in [-0.4, -0.2) is 65.3 Å². The Kier molecular flexibility index (Phi) is 7.03. The fourth-order valence-corrected chi connectivity index (χ4v) is 4.66. The number of rotatable bonds is 5. The van der Waals surface area contributed by atoms with Crippen LogP contribution < -0.4 is 43.6 Å². The molecule has 11 nitrogen and oxygen atoms in total. The maximum Gasteiger partial charge on any atom is 0.248 e. The fourth-order valence-electron chi connectivity index (χ4n) is 4.13. The van der Waals surface area contributed by atoms with E-state index < -0.39 is 0 Å². The summed E-state index contributed by atoms with van der Waals surface area (Å²) in [6.07, 6.45) is 1.51. The van der Waals surface area contributed by atoms with Crippen molar-refractivity contribution in [1.82, 2.24) is 15.0 Å². The molecule has 0 aliphatic carbocycles. The Bertz CT molecular complexity index is 861. The Hall–Kier alpha value is -2.15. The summed E-state index contributed by atoms with van der Waals surface area (Å²) in [6, 6.07) is 4.89. The summed E-state index contributed by atoms with van der Waals surface area (Å²) >= 11 is 12.2. The Balaban J connectivity index is 1.62. The molecule has 0 saturated carbocycles. The molecule has 4 atom stereocenters. The minimum atomic E-state index is -0.0565. The smallest absolute Gasteiger partial charge is 0.248 e. The minimum absolute atomic E-state index is 0.0565. The normalized spacial score (nSPS) is 26.2. The first-order valence-electron chi connectivity index (χ1n) is 10.5. The van der Waals surface area contributed by atoms with E-state index in [-0.39, 0.29) is 24.2 Å². The lowest BCUT2D eigenvalue weighted by Gasteiger charge is -2.37. The largest absolute Gasteiger partial charge is 0.338 e. The van der Waals surface area contributed by atoms with Gasteiger partial charge >= 0.3 is 0 Å². The van der Waals surface area contributed by atoms with Crippen LogP contribution in [0.2, 0.25) is 10.0 Å². The molecule has 4 rings (SSSR count). The van der Waals surface area contributed by atoms with E-state index in [1.54, 1.807) is 18.2 Å². The van der Waals surface area contributed by atoms with Gasteiger partial charge in [0.2, 0.25) is 17.8 Å². The van der Waals surface area contributed by atoms with Gasteiger partial charge in [-0.2, -0.15) is 15.0 Å². The van der Waals surface area contributed by atoms with Crippen LogP contribution in [0.15, 0.2) is 18.2 Å². The number of nitrogens with one attached hydrogen (secondary N) is 2. The van der Waals surface area contributed by atoms with Crippen LogP contribution in [0, 0.1) is 0 Å². The predicted molar refractivity (Wildman–Crippen MR) is 129 cm³/mol. The number of anilines is 4. The molecule has 2 saturated heterocycles. The Morgan fingerprint density at radius 2 is 1.12 bits per heavy atom. The van der Waals surface area contributed by atoms with Gasteiger partial charge in [0.25, 0.3) is 0 Å². The Labute approximate surface area is 196 Å². The molecule has 10 N–H and O–H groups in total. The molecule has 1 aromatic carbocycles. The second kappa shape index (κ2) is 9.77. The molecule has 0 amide bonds. The number of benzene rings is 1. The summed E-state index contributed by atoms with van der Waals surface area (Å²) in [6.45, 7) is 2.42. The molecule has 2 aromatic rings. The van der Waals surface area contributed by atoms with Crippen molar-refractivity contribution in [3.05, 3.63) is 28.2 Å². The number of aromatic nitrogens is 3. The zero-order valence-electron chi connectivity index (χ0n) is 17.6. The second-order valence-corrected chi connectivity index (χ2v) is 9.36. The molecule has 0 spiro atoms. The van der Waals surface area contributed by atoms with Gasteiger partial charge in [0, 0.05) is 60.4 Å². The van der Waals surface area contributed by atoms with Crippen molar-refractivity contribution in [3.63, 3.8) is 0 Å². The summed E-state index contributed by atoms with van der Waals surface area (Å²) in [4.78, 5) is 17.8. The van der Waals surface area contributed by atoms with E-state index in [0.29, 0.717) is 59.8 Å². The van der Waals surface area contributed by atoms with Gasteiger partial charge in [0.1, 0.15) is 0 Å². The van der Waals surface area contributed by atoms with Gasteiger partial charge < -0.3 is 32.7 Å². The summed E-state index contributed by atoms with van der Waals surface area (Å²) in [5.74, 6) is 1.30. The van der Waals surface area contributed by atoms with Crippen molar-refractivity contribution in [1.29, 1.82) is 0 Å². The van der Waals surface area contributed by atoms with E-state index in [9.17, 15) is 0 Å². The van der Waals surface area contributed by atoms with E-state index in [1.807, 2.05) is 9.80 Å². The van der Waals surface area contributed by atoms with Gasteiger partial charge in [-0.3, -0.25) is 10.9 Å². The van der Waals surface area contributed by atoms with Crippen LogP contribution in [0.25, 0.3) is 0 Å². The molecule has 2 aliphatic heterocycles. The average molecular weight is 482 g/mol. The molecule has 2 aliphatic rings. The van der Waals surface area contributed by atoms with E-state index in [0.717, 1.165) is 12.8 Å². The summed E-state index contributed by atoms with van der Waals surface area (Å²) in [7, 11) is 0. The van der Waals surface area contributed by atoms with Crippen molar-refractivity contribution in [2.75, 3.05) is 46.8 Å². The van der Waals surface area contributed by atoms with Crippen LogP contribution in [0.3, 0.4) is 0 Å². The third-order valence-corrected chi connectivity index (χ3v) is 5.83. The van der Waals surface area contributed by atoms with Gasteiger partial charge in [-0.25, -0.2) is 0 Å². The molecule has 32 heavy (non-hydrogen) atoms. The van der Waals surface area contributed by atoms with E-state index >= 15 is 0 Å². The van der Waals surface area contributed by atoms with E-state index in [4.69, 9.17) is 51.1 Å². The molecule has 4 unspecified atom stereocenters. The van der Waals surface area contributed by atoms with Crippen molar-refractivity contribution in [2.24, 2.45) is 22.9 Å². The van der Waals surface area contributed by atoms with Gasteiger partial charge in [-0.15, -0.1) is 0 Å². The second-order valence-electron chi connectivity index (χ2n) is 8.49. The number of piperidine rings is 2. The standard InChI is InChI=1S/C19H29Cl2N11/c20-10-1-11(21)3-16(2-10)29-30-17-26-18(31-6-12(22)4-13(23)7-31)28-19(27-17)32-8-14(24)5-15(25)9-32/h1-3,12-15,29H,4-9,22-25H2,(H,26,27,28,30). The Morgan fingerprint density at radius 1 is 0.688 bits per heavy atom. The lowest BCUT2D eigenvalue weighted by Crippen LogP contribution is -2.54. The van der Waals surface area contributed by atoms with Gasteiger partial charge in [0.15, 0.2) is 0 Å². The molecule has 174 valence electrons. The number of nitrogens with zero attached hydrogens (tertiary/aromatic N) is 5. The highest BCUT2D eigenvalue weighted by molar-refractivity contribution is 6.35. The van der Waals surface area contributed by atoms with Crippen molar-refractivity contribution in [2.45, 2.75) is 37.0 Å². The van der Waals surface area contributed by atoms with Gasteiger partial charge in [0.05, 0.1) is 5.69 Å². The maximum absolute atomic E-state index is 6.18. The lowest BCUT2D eigenvalue weighted by molar-refractivity contribution is 0.441. The van der Waals surface area contributed by atoms with Crippen LogP contribution >= 0.6 is 23.2 Å². The summed E-state index contributed by atoms with van der Waals surface area (Å²) in [5.41, 5.74) is 31.4. The highest BCUT2D eigenvalue weighted by atomic mass is 35.5. The van der Waals surface area contributed by atoms with E-state index in [2.05, 4.69) is 20.8 Å². The molecule has 0 bridgehead atoms. The third-order valence-electron chi connectivity index (χ3n) is 5.39. The molecule has 1 aromatic heterocycles. The third kappa shape index (κ3) is 5.80. The molecule has 2 fully saturated rings. The topological polar surface area (TPSA) is 173 Å². The fraction of sp³-hybridized carbons (Fsp3) is 0.526. The first kappa shape index (κ1) is 23.0. The SMILES string of the molecule is NC1CC(N)CN(c2nc(NNc3cc(Cl)cc(Cl)c3)nc(N3CC(N)CC(N)C3)n2)C1. The Morgan fingerprint density at radius 3 is 1.56 bits per heavy atom. The van der Waals surface area contributed by atoms with Crippen molar-refractivity contribution >= 4 is 46.7 Å².